The van der Waals surface area contributed by atoms with Crippen molar-refractivity contribution in [1.82, 2.24) is 29.6 Å². The monoisotopic (exact) mass is 464 g/mol. The fraction of sp³-hybridized carbons (Fsp3) is 0.391. The minimum absolute atomic E-state index is 0.0172. The predicted molar refractivity (Wildman–Crippen MR) is 122 cm³/mol. The van der Waals surface area contributed by atoms with Crippen LogP contribution in [0.2, 0.25) is 0 Å². The fourth-order valence-corrected chi connectivity index (χ4v) is 3.63. The molecule has 2 atom stereocenters. The van der Waals surface area contributed by atoms with Crippen LogP contribution in [0.25, 0.3) is 11.4 Å². The standard InChI is InChI=1S/C23H25FN8O2/c1-14(2)32-11-18(10-28-32)29-23-27-13-26-22(30-23)16-4-5-20(17(8-16)9-25)34-21-6-7-31(15(3)33)12-19(21)24/h4-5,8,10-11,13-14,19,21H,6-7,12H2,1-3H3,(H,26,27,29,30). The summed E-state index contributed by atoms with van der Waals surface area (Å²) in [5.41, 5.74) is 1.58. The molecule has 0 saturated carbocycles. The number of rotatable bonds is 6. The van der Waals surface area contributed by atoms with E-state index in [0.717, 1.165) is 5.69 Å². The third-order valence-electron chi connectivity index (χ3n) is 5.52. The van der Waals surface area contributed by atoms with E-state index in [4.69, 9.17) is 4.74 Å². The number of amides is 1. The third kappa shape index (κ3) is 5.11. The Morgan fingerprint density at radius 3 is 2.85 bits per heavy atom. The molecule has 1 aliphatic rings. The highest BCUT2D eigenvalue weighted by Crippen LogP contribution is 2.28. The molecule has 0 bridgehead atoms. The van der Waals surface area contributed by atoms with Crippen molar-refractivity contribution >= 4 is 17.5 Å². The average molecular weight is 465 g/mol. The predicted octanol–water partition coefficient (Wildman–Crippen LogP) is 3.27. The molecule has 2 unspecified atom stereocenters. The molecule has 1 amide bonds. The highest BCUT2D eigenvalue weighted by atomic mass is 19.1. The van der Waals surface area contributed by atoms with Gasteiger partial charge in [0.05, 0.1) is 24.0 Å². The number of likely N-dealkylation sites (tertiary alicyclic amines) is 1. The first kappa shape index (κ1) is 23.1. The number of halogens is 1. The number of anilines is 2. The van der Waals surface area contributed by atoms with Crippen LogP contribution in [0.5, 0.6) is 5.75 Å². The quantitative estimate of drug-likeness (QED) is 0.590. The third-order valence-corrected chi connectivity index (χ3v) is 5.52. The largest absolute Gasteiger partial charge is 0.486 e. The number of nitrogens with zero attached hydrogens (tertiary/aromatic N) is 7. The number of alkyl halides is 1. The zero-order chi connectivity index (χ0) is 24.2. The smallest absolute Gasteiger partial charge is 0.230 e. The molecule has 11 heteroatoms. The zero-order valence-corrected chi connectivity index (χ0v) is 19.1. The number of aromatic nitrogens is 5. The number of carbonyl (C=O) groups is 1. The Morgan fingerprint density at radius 1 is 1.35 bits per heavy atom. The van der Waals surface area contributed by atoms with Crippen LogP contribution in [0.4, 0.5) is 16.0 Å². The number of hydrogen-bond acceptors (Lipinski definition) is 8. The van der Waals surface area contributed by atoms with E-state index in [1.807, 2.05) is 24.7 Å². The summed E-state index contributed by atoms with van der Waals surface area (Å²) in [5, 5.41) is 17.0. The highest BCUT2D eigenvalue weighted by molar-refractivity contribution is 5.73. The van der Waals surface area contributed by atoms with Crippen molar-refractivity contribution < 1.29 is 13.9 Å². The Balaban J connectivity index is 1.50. The van der Waals surface area contributed by atoms with Crippen molar-refractivity contribution in [3.63, 3.8) is 0 Å². The molecule has 0 radical (unpaired) electrons. The molecule has 1 fully saturated rings. The molecule has 34 heavy (non-hydrogen) atoms. The minimum atomic E-state index is -1.33. The molecule has 0 spiro atoms. The lowest BCUT2D eigenvalue weighted by Crippen LogP contribution is -2.48. The van der Waals surface area contributed by atoms with E-state index in [1.54, 1.807) is 24.4 Å². The van der Waals surface area contributed by atoms with Crippen LogP contribution in [0.3, 0.4) is 0 Å². The Labute approximate surface area is 196 Å². The Hall–Kier alpha value is -4.07. The number of hydrogen-bond donors (Lipinski definition) is 1. The maximum absolute atomic E-state index is 14.6. The zero-order valence-electron chi connectivity index (χ0n) is 19.1. The van der Waals surface area contributed by atoms with Crippen LogP contribution < -0.4 is 10.1 Å². The molecule has 176 valence electrons. The second-order valence-corrected chi connectivity index (χ2v) is 8.31. The molecule has 1 aliphatic heterocycles. The summed E-state index contributed by atoms with van der Waals surface area (Å²) >= 11 is 0. The van der Waals surface area contributed by atoms with Crippen molar-refractivity contribution in [2.24, 2.45) is 0 Å². The van der Waals surface area contributed by atoms with Gasteiger partial charge < -0.3 is 15.0 Å². The minimum Gasteiger partial charge on any atom is -0.486 e. The number of carbonyl (C=O) groups excluding carboxylic acids is 1. The van der Waals surface area contributed by atoms with Gasteiger partial charge in [0.2, 0.25) is 11.9 Å². The van der Waals surface area contributed by atoms with Crippen molar-refractivity contribution in [1.29, 1.82) is 5.26 Å². The Kier molecular flexibility index (Phi) is 6.67. The van der Waals surface area contributed by atoms with Gasteiger partial charge in [0.1, 0.15) is 24.3 Å². The first-order chi connectivity index (χ1) is 16.3. The molecule has 1 aromatic carbocycles. The van der Waals surface area contributed by atoms with E-state index >= 15 is 0 Å². The van der Waals surface area contributed by atoms with Gasteiger partial charge in [-0.25, -0.2) is 14.4 Å². The summed E-state index contributed by atoms with van der Waals surface area (Å²) in [6, 6.07) is 7.25. The van der Waals surface area contributed by atoms with E-state index in [0.29, 0.717) is 30.3 Å². The van der Waals surface area contributed by atoms with Gasteiger partial charge in [-0.15, -0.1) is 0 Å². The topological polar surface area (TPSA) is 122 Å². The molecule has 0 aliphatic carbocycles. The van der Waals surface area contributed by atoms with E-state index in [1.165, 1.54) is 18.2 Å². The molecule has 2 aromatic heterocycles. The van der Waals surface area contributed by atoms with Gasteiger partial charge >= 0.3 is 0 Å². The number of nitrogens with one attached hydrogen (secondary N) is 1. The molecular weight excluding hydrogens is 439 g/mol. The van der Waals surface area contributed by atoms with Crippen molar-refractivity contribution in [2.45, 2.75) is 45.5 Å². The number of piperidine rings is 1. The van der Waals surface area contributed by atoms with Crippen LogP contribution in [-0.2, 0) is 4.79 Å². The van der Waals surface area contributed by atoms with Gasteiger partial charge in [0, 0.05) is 37.7 Å². The van der Waals surface area contributed by atoms with E-state index in [2.05, 4.69) is 31.4 Å². The molecule has 3 heterocycles. The summed E-state index contributed by atoms with van der Waals surface area (Å²) in [7, 11) is 0. The van der Waals surface area contributed by atoms with Crippen LogP contribution in [-0.4, -0.2) is 60.9 Å². The molecular formula is C23H25FN8O2. The summed E-state index contributed by atoms with van der Waals surface area (Å²) in [5.74, 6) is 0.825. The van der Waals surface area contributed by atoms with Gasteiger partial charge in [0.25, 0.3) is 0 Å². The van der Waals surface area contributed by atoms with Crippen LogP contribution >= 0.6 is 0 Å². The van der Waals surface area contributed by atoms with Gasteiger partial charge in [-0.1, -0.05) is 0 Å². The average Bonchev–Trinajstić information content (AvgIpc) is 3.29. The normalized spacial score (nSPS) is 17.9. The summed E-state index contributed by atoms with van der Waals surface area (Å²) < 4.78 is 22.2. The lowest BCUT2D eigenvalue weighted by molar-refractivity contribution is -0.132. The first-order valence-corrected chi connectivity index (χ1v) is 10.9. The van der Waals surface area contributed by atoms with Gasteiger partial charge in [-0.2, -0.15) is 15.3 Å². The van der Waals surface area contributed by atoms with E-state index in [-0.39, 0.29) is 29.8 Å². The molecule has 3 aromatic rings. The number of ether oxygens (including phenoxy) is 1. The maximum Gasteiger partial charge on any atom is 0.230 e. The van der Waals surface area contributed by atoms with Crippen LogP contribution in [0.15, 0.2) is 36.9 Å². The van der Waals surface area contributed by atoms with Gasteiger partial charge in [-0.3, -0.25) is 9.48 Å². The first-order valence-electron chi connectivity index (χ1n) is 10.9. The van der Waals surface area contributed by atoms with E-state index < -0.39 is 12.3 Å². The highest BCUT2D eigenvalue weighted by Gasteiger charge is 2.32. The lowest BCUT2D eigenvalue weighted by atomic mass is 10.0. The van der Waals surface area contributed by atoms with Crippen molar-refractivity contribution in [3.05, 3.63) is 42.5 Å². The second-order valence-electron chi connectivity index (χ2n) is 8.31. The SMILES string of the molecule is CC(=O)N1CCC(Oc2ccc(-c3ncnc(Nc4cnn(C(C)C)c4)n3)cc2C#N)C(F)C1. The van der Waals surface area contributed by atoms with Crippen molar-refractivity contribution in [3.8, 4) is 23.2 Å². The van der Waals surface area contributed by atoms with Gasteiger partial charge in [0.15, 0.2) is 12.0 Å². The fourth-order valence-electron chi connectivity index (χ4n) is 3.63. The van der Waals surface area contributed by atoms with Gasteiger partial charge in [-0.05, 0) is 32.0 Å². The summed E-state index contributed by atoms with van der Waals surface area (Å²) in [6.45, 7) is 5.87. The van der Waals surface area contributed by atoms with Crippen molar-refractivity contribution in [2.75, 3.05) is 18.4 Å². The molecule has 1 saturated heterocycles. The molecule has 10 nitrogen and oxygen atoms in total. The molecule has 4 rings (SSSR count). The van der Waals surface area contributed by atoms with E-state index in [9.17, 15) is 14.4 Å². The summed E-state index contributed by atoms with van der Waals surface area (Å²) in [6.07, 6.45) is 3.21. The number of benzene rings is 1. The van der Waals surface area contributed by atoms with Crippen LogP contribution in [0.1, 0.15) is 38.8 Å². The second kappa shape index (κ2) is 9.82. The lowest BCUT2D eigenvalue weighted by Gasteiger charge is -2.34. The Bertz CT molecular complexity index is 1220. The van der Waals surface area contributed by atoms with Crippen LogP contribution in [0, 0.1) is 11.3 Å². The summed E-state index contributed by atoms with van der Waals surface area (Å²) in [4.78, 5) is 25.7. The maximum atomic E-state index is 14.6. The molecule has 1 N–H and O–H groups in total. The Morgan fingerprint density at radius 2 is 2.18 bits per heavy atom. The number of nitriles is 1.